The first-order valence-electron chi connectivity index (χ1n) is 22.1. The van der Waals surface area contributed by atoms with E-state index in [2.05, 4.69) is 59.1 Å². The Hall–Kier alpha value is -2.71. The third-order valence-electron chi connectivity index (χ3n) is 18.1. The largest absolute Gasteiger partial charge is 0.481 e. The third-order valence-corrected chi connectivity index (χ3v) is 18.3. The lowest BCUT2D eigenvalue weighted by atomic mass is 9.33. The van der Waals surface area contributed by atoms with Crippen molar-refractivity contribution in [1.29, 1.82) is 0 Å². The number of Topliss-reactive ketones (excluding diaryl/α,β-unsaturated/α-hetero) is 1. The van der Waals surface area contributed by atoms with E-state index in [0.717, 1.165) is 69.9 Å². The van der Waals surface area contributed by atoms with Gasteiger partial charge in [0.2, 0.25) is 0 Å². The highest BCUT2D eigenvalue weighted by atomic mass is 35.5. The predicted octanol–water partition coefficient (Wildman–Crippen LogP) is 9.69. The van der Waals surface area contributed by atoms with E-state index in [9.17, 15) is 24.3 Å². The number of hydrogen-bond donors (Lipinski definition) is 3. The molecule has 1 aromatic carbocycles. The van der Waals surface area contributed by atoms with Gasteiger partial charge in [-0.2, -0.15) is 0 Å². The van der Waals surface area contributed by atoms with Crippen LogP contribution in [0.1, 0.15) is 143 Å². The number of amides is 1. The molecule has 0 radical (unpaired) electrons. The molecule has 0 aromatic heterocycles. The van der Waals surface area contributed by atoms with E-state index in [4.69, 9.17) is 16.3 Å². The standard InChI is InChI=1S/C48H69ClN2O6/c1-28(2)38-34(52)27-48(22-23-50-24-25-51-40(53)29-10-12-30(49)13-11-29)21-20-46(8)31(39(38)48)14-15-36-45(7)18-17-37(44(5,6)35(45)16-19-47(36,46)9)57-42(56)33-26-32(41(54)55)43(33,3)4/h10-13,28,31-33,35-37,50H,14-27H2,1-9H3,(H,51,53)(H,54,55)/t31-,32+,33-,35+,36-,37+,45+,46-,47-,48-/m1/s1. The van der Waals surface area contributed by atoms with Gasteiger partial charge in [-0.15, -0.1) is 0 Å². The fourth-order valence-electron chi connectivity index (χ4n) is 14.6. The summed E-state index contributed by atoms with van der Waals surface area (Å²) in [6, 6.07) is 6.93. The monoisotopic (exact) mass is 804 g/mol. The number of carboxylic acids is 1. The van der Waals surface area contributed by atoms with E-state index < -0.39 is 17.3 Å². The van der Waals surface area contributed by atoms with Gasteiger partial charge in [0, 0.05) is 40.9 Å². The lowest BCUT2D eigenvalue weighted by molar-refractivity contribution is -0.236. The van der Waals surface area contributed by atoms with Gasteiger partial charge in [0.25, 0.3) is 5.91 Å². The molecule has 10 atom stereocenters. The number of carboxylic acid groups (broad SMARTS) is 1. The van der Waals surface area contributed by atoms with Crippen LogP contribution in [0.3, 0.4) is 0 Å². The number of halogens is 1. The van der Waals surface area contributed by atoms with Gasteiger partial charge < -0.3 is 20.5 Å². The fourth-order valence-corrected chi connectivity index (χ4v) is 14.8. The molecule has 3 N–H and O–H groups in total. The minimum atomic E-state index is -0.825. The van der Waals surface area contributed by atoms with Crippen molar-refractivity contribution in [1.82, 2.24) is 10.6 Å². The molecular formula is C48H69ClN2O6. The Morgan fingerprint density at radius 1 is 0.825 bits per heavy atom. The molecule has 0 heterocycles. The van der Waals surface area contributed by atoms with Crippen molar-refractivity contribution in [2.75, 3.05) is 19.6 Å². The van der Waals surface area contributed by atoms with Crippen LogP contribution in [0, 0.1) is 68.0 Å². The summed E-state index contributed by atoms with van der Waals surface area (Å²) >= 11 is 5.99. The van der Waals surface area contributed by atoms with E-state index in [1.807, 2.05) is 13.8 Å². The van der Waals surface area contributed by atoms with Crippen LogP contribution in [0.2, 0.25) is 5.02 Å². The zero-order valence-electron chi connectivity index (χ0n) is 36.1. The summed E-state index contributed by atoms with van der Waals surface area (Å²) < 4.78 is 6.43. The number of benzene rings is 1. The van der Waals surface area contributed by atoms with Gasteiger partial charge in [-0.1, -0.05) is 79.5 Å². The fraction of sp³-hybridized carbons (Fsp3) is 0.750. The summed E-state index contributed by atoms with van der Waals surface area (Å²) in [6.07, 6.45) is 10.3. The van der Waals surface area contributed by atoms with Crippen LogP contribution < -0.4 is 10.6 Å². The molecule has 8 nitrogen and oxygen atoms in total. The highest BCUT2D eigenvalue weighted by molar-refractivity contribution is 6.30. The Morgan fingerprint density at radius 2 is 1.53 bits per heavy atom. The molecule has 5 fully saturated rings. The molecule has 0 bridgehead atoms. The molecule has 57 heavy (non-hydrogen) atoms. The lowest BCUT2D eigenvalue weighted by Gasteiger charge is -2.72. The number of carbonyl (C=O) groups excluding carboxylic acids is 3. The molecule has 0 saturated heterocycles. The number of ether oxygens (including phenoxy) is 1. The molecule has 1 amide bonds. The second-order valence-electron chi connectivity index (χ2n) is 21.5. The minimum absolute atomic E-state index is 0.0802. The normalized spacial score (nSPS) is 39.0. The van der Waals surface area contributed by atoms with E-state index in [1.54, 1.807) is 24.3 Å². The molecule has 1 aromatic rings. The molecule has 9 heteroatoms. The summed E-state index contributed by atoms with van der Waals surface area (Å²) in [5, 5.41) is 16.9. The summed E-state index contributed by atoms with van der Waals surface area (Å²) in [4.78, 5) is 52.1. The first-order chi connectivity index (χ1) is 26.6. The van der Waals surface area contributed by atoms with Crippen LogP contribution in [-0.2, 0) is 19.1 Å². The SMILES string of the molecule is CC(C)C1=C2[C@H]3CC[C@@H]4[C@@]5(C)CC[C@H](OC(=O)[C@H]6C[C@@H](C(=O)O)C6(C)C)C(C)(C)[C@@H]5CC[C@@]4(C)[C@]3(C)CC[C@@]2(CCNCCNC(=O)c2ccc(Cl)cc2)CC1=O. The molecule has 314 valence electrons. The number of hydrogen-bond acceptors (Lipinski definition) is 6. The van der Waals surface area contributed by atoms with E-state index >= 15 is 0 Å². The maximum Gasteiger partial charge on any atom is 0.309 e. The molecule has 6 aliphatic rings. The van der Waals surface area contributed by atoms with Crippen LogP contribution in [0.25, 0.3) is 0 Å². The van der Waals surface area contributed by atoms with Gasteiger partial charge in [-0.3, -0.25) is 19.2 Å². The number of aliphatic carboxylic acids is 1. The average Bonchev–Trinajstić information content (AvgIpc) is 3.43. The van der Waals surface area contributed by atoms with Gasteiger partial charge in [0.1, 0.15) is 6.10 Å². The summed E-state index contributed by atoms with van der Waals surface area (Å²) in [6.45, 7) is 22.6. The number of allylic oxidation sites excluding steroid dienone is 2. The van der Waals surface area contributed by atoms with Gasteiger partial charge >= 0.3 is 11.9 Å². The smallest absolute Gasteiger partial charge is 0.309 e. The highest BCUT2D eigenvalue weighted by Crippen LogP contribution is 2.77. The van der Waals surface area contributed by atoms with Crippen LogP contribution in [-0.4, -0.2) is 54.5 Å². The quantitative estimate of drug-likeness (QED) is 0.150. The molecule has 0 spiro atoms. The van der Waals surface area contributed by atoms with Crippen LogP contribution in [0.4, 0.5) is 0 Å². The summed E-state index contributed by atoms with van der Waals surface area (Å²) in [5.41, 5.74) is 2.63. The number of carbonyl (C=O) groups is 4. The second-order valence-corrected chi connectivity index (χ2v) is 22.0. The molecule has 6 aliphatic carbocycles. The van der Waals surface area contributed by atoms with E-state index in [-0.39, 0.29) is 56.9 Å². The van der Waals surface area contributed by atoms with Crippen molar-refractivity contribution < 1.29 is 29.0 Å². The minimum Gasteiger partial charge on any atom is -0.481 e. The topological polar surface area (TPSA) is 122 Å². The Bertz CT molecular complexity index is 1820. The Morgan fingerprint density at radius 3 is 2.18 bits per heavy atom. The van der Waals surface area contributed by atoms with Crippen molar-refractivity contribution in [3.05, 3.63) is 46.0 Å². The maximum atomic E-state index is 14.1. The molecule has 7 rings (SSSR count). The summed E-state index contributed by atoms with van der Waals surface area (Å²) in [7, 11) is 0. The van der Waals surface area contributed by atoms with Gasteiger partial charge in [0.15, 0.2) is 5.78 Å². The number of nitrogens with one attached hydrogen (secondary N) is 2. The van der Waals surface area contributed by atoms with Crippen molar-refractivity contribution >= 4 is 35.2 Å². The second kappa shape index (κ2) is 14.8. The van der Waals surface area contributed by atoms with Gasteiger partial charge in [-0.05, 0) is 146 Å². The Balaban J connectivity index is 1.05. The third kappa shape index (κ3) is 6.64. The van der Waals surface area contributed by atoms with Crippen molar-refractivity contribution in [2.24, 2.45) is 68.0 Å². The molecule has 0 unspecified atom stereocenters. The molecular weight excluding hydrogens is 736 g/mol. The number of rotatable bonds is 11. The maximum absolute atomic E-state index is 14.1. The van der Waals surface area contributed by atoms with Gasteiger partial charge in [0.05, 0.1) is 11.8 Å². The van der Waals surface area contributed by atoms with Crippen LogP contribution in [0.5, 0.6) is 0 Å². The first kappa shape index (κ1) is 42.4. The zero-order valence-corrected chi connectivity index (χ0v) is 36.9. The summed E-state index contributed by atoms with van der Waals surface area (Å²) in [5.74, 6) is -0.114. The van der Waals surface area contributed by atoms with E-state index in [1.165, 1.54) is 5.57 Å². The number of esters is 1. The molecule has 0 aliphatic heterocycles. The van der Waals surface area contributed by atoms with Crippen molar-refractivity contribution in [3.63, 3.8) is 0 Å². The zero-order chi connectivity index (χ0) is 41.5. The Labute approximate surface area is 346 Å². The predicted molar refractivity (Wildman–Crippen MR) is 224 cm³/mol. The van der Waals surface area contributed by atoms with Crippen LogP contribution >= 0.6 is 11.6 Å². The Kier molecular flexibility index (Phi) is 11.0. The number of fused-ring (bicyclic) bond motifs is 7. The van der Waals surface area contributed by atoms with Crippen LogP contribution in [0.15, 0.2) is 35.4 Å². The van der Waals surface area contributed by atoms with E-state index in [0.29, 0.717) is 60.1 Å². The lowest BCUT2D eigenvalue weighted by Crippen LogP contribution is -2.66. The number of ketones is 1. The van der Waals surface area contributed by atoms with Crippen molar-refractivity contribution in [2.45, 2.75) is 139 Å². The highest BCUT2D eigenvalue weighted by Gasteiger charge is 2.70. The van der Waals surface area contributed by atoms with Crippen molar-refractivity contribution in [3.8, 4) is 0 Å². The average molecular weight is 806 g/mol. The first-order valence-corrected chi connectivity index (χ1v) is 22.5. The molecule has 5 saturated carbocycles. The van der Waals surface area contributed by atoms with Gasteiger partial charge in [-0.25, -0.2) is 0 Å².